The molecule has 4 heteroatoms. The number of para-hydroxylation sites is 2. The monoisotopic (exact) mass is 298 g/mol. The maximum Gasteiger partial charge on any atom is 0.0766 e. The molecule has 0 aromatic heterocycles. The molecule has 3 rings (SSSR count). The van der Waals surface area contributed by atoms with E-state index in [1.165, 1.54) is 9.79 Å². The van der Waals surface area contributed by atoms with Crippen molar-refractivity contribution in [2.24, 2.45) is 9.98 Å². The van der Waals surface area contributed by atoms with E-state index >= 15 is 0 Å². The Morgan fingerprint density at radius 1 is 0.650 bits per heavy atom. The van der Waals surface area contributed by atoms with Crippen LogP contribution in [0.5, 0.6) is 0 Å². The molecule has 0 N–H and O–H groups in total. The molecule has 2 aromatic rings. The van der Waals surface area contributed by atoms with Gasteiger partial charge in [-0.3, -0.25) is 9.98 Å². The van der Waals surface area contributed by atoms with E-state index < -0.39 is 0 Å². The van der Waals surface area contributed by atoms with Crippen LogP contribution in [0, 0.1) is 0 Å². The number of nitrogens with zero attached hydrogens (tertiary/aromatic N) is 2. The summed E-state index contributed by atoms with van der Waals surface area (Å²) in [5, 5.41) is 0. The molecule has 1 aliphatic heterocycles. The zero-order chi connectivity index (χ0) is 13.6. The Hall–Kier alpha value is -1.52. The van der Waals surface area contributed by atoms with Gasteiger partial charge in [0.25, 0.3) is 0 Å². The predicted molar refractivity (Wildman–Crippen MR) is 90.6 cm³/mol. The van der Waals surface area contributed by atoms with E-state index in [1.54, 1.807) is 12.4 Å². The largest absolute Gasteiger partial charge is 0.254 e. The van der Waals surface area contributed by atoms with Crippen molar-refractivity contribution in [3.63, 3.8) is 0 Å². The summed E-state index contributed by atoms with van der Waals surface area (Å²) in [7, 11) is 0. The lowest BCUT2D eigenvalue weighted by atomic mass is 10.3. The van der Waals surface area contributed by atoms with Gasteiger partial charge in [-0.15, -0.1) is 23.5 Å². The van der Waals surface area contributed by atoms with Gasteiger partial charge in [-0.1, -0.05) is 24.3 Å². The summed E-state index contributed by atoms with van der Waals surface area (Å²) in [6, 6.07) is 16.5. The van der Waals surface area contributed by atoms with Gasteiger partial charge in [0.1, 0.15) is 0 Å². The van der Waals surface area contributed by atoms with Crippen LogP contribution >= 0.6 is 23.5 Å². The van der Waals surface area contributed by atoms with E-state index in [-0.39, 0.29) is 0 Å². The zero-order valence-electron chi connectivity index (χ0n) is 10.9. The van der Waals surface area contributed by atoms with Crippen LogP contribution < -0.4 is 0 Å². The lowest BCUT2D eigenvalue weighted by molar-refractivity contribution is 1.35. The lowest BCUT2D eigenvalue weighted by Crippen LogP contribution is -1.87. The van der Waals surface area contributed by atoms with Crippen LogP contribution in [0.3, 0.4) is 0 Å². The molecule has 2 nitrogen and oxygen atoms in total. The SMILES string of the molecule is C1=Nc2ccccc2SCCSc2ccccc2N=C1. The van der Waals surface area contributed by atoms with Crippen LogP contribution in [-0.4, -0.2) is 23.9 Å². The van der Waals surface area contributed by atoms with E-state index in [0.717, 1.165) is 22.9 Å². The first-order chi connectivity index (χ1) is 9.93. The van der Waals surface area contributed by atoms with Crippen molar-refractivity contribution in [2.45, 2.75) is 9.79 Å². The second kappa shape index (κ2) is 6.77. The van der Waals surface area contributed by atoms with Crippen molar-refractivity contribution in [3.05, 3.63) is 48.5 Å². The molecule has 0 radical (unpaired) electrons. The molecule has 0 atom stereocenters. The quantitative estimate of drug-likeness (QED) is 0.684. The molecular weight excluding hydrogens is 284 g/mol. The van der Waals surface area contributed by atoms with Crippen LogP contribution in [0.15, 0.2) is 68.3 Å². The van der Waals surface area contributed by atoms with Crippen LogP contribution in [-0.2, 0) is 0 Å². The topological polar surface area (TPSA) is 24.7 Å². The second-order valence-electron chi connectivity index (χ2n) is 4.19. The highest BCUT2D eigenvalue weighted by atomic mass is 32.2. The third-order valence-corrected chi connectivity index (χ3v) is 5.21. The summed E-state index contributed by atoms with van der Waals surface area (Å²) in [4.78, 5) is 11.4. The number of aliphatic imine (C=N–C) groups is 2. The minimum Gasteiger partial charge on any atom is -0.254 e. The molecule has 0 aliphatic carbocycles. The third-order valence-electron chi connectivity index (χ3n) is 2.82. The fraction of sp³-hybridized carbons (Fsp3) is 0.125. The highest BCUT2D eigenvalue weighted by molar-refractivity contribution is 8.03. The molecule has 0 bridgehead atoms. The number of fused-ring (bicyclic) bond motifs is 2. The molecule has 0 amide bonds. The van der Waals surface area contributed by atoms with Crippen molar-refractivity contribution in [1.29, 1.82) is 0 Å². The molecule has 2 aromatic carbocycles. The number of hydrogen-bond donors (Lipinski definition) is 0. The van der Waals surface area contributed by atoms with Crippen molar-refractivity contribution >= 4 is 47.3 Å². The first-order valence-corrected chi connectivity index (χ1v) is 8.41. The van der Waals surface area contributed by atoms with Crippen LogP contribution in [0.1, 0.15) is 0 Å². The Labute approximate surface area is 127 Å². The molecule has 100 valence electrons. The van der Waals surface area contributed by atoms with Gasteiger partial charge in [0, 0.05) is 33.7 Å². The van der Waals surface area contributed by atoms with Gasteiger partial charge in [-0.2, -0.15) is 0 Å². The first-order valence-electron chi connectivity index (χ1n) is 6.44. The summed E-state index contributed by atoms with van der Waals surface area (Å²) in [6.07, 6.45) is 3.53. The van der Waals surface area contributed by atoms with E-state index in [9.17, 15) is 0 Å². The molecule has 0 saturated carbocycles. The molecule has 0 fully saturated rings. The Bertz CT molecular complexity index is 593. The van der Waals surface area contributed by atoms with Crippen LogP contribution in [0.4, 0.5) is 11.4 Å². The Morgan fingerprint density at radius 3 is 1.60 bits per heavy atom. The first kappa shape index (κ1) is 13.5. The zero-order valence-corrected chi connectivity index (χ0v) is 12.5. The number of rotatable bonds is 0. The van der Waals surface area contributed by atoms with E-state index in [2.05, 4.69) is 34.3 Å². The Kier molecular flexibility index (Phi) is 4.56. The molecule has 0 unspecified atom stereocenters. The molecule has 1 aliphatic rings. The lowest BCUT2D eigenvalue weighted by Gasteiger charge is -2.07. The predicted octanol–water partition coefficient (Wildman–Crippen LogP) is 4.99. The Morgan fingerprint density at radius 2 is 1.10 bits per heavy atom. The van der Waals surface area contributed by atoms with Crippen LogP contribution in [0.25, 0.3) is 0 Å². The van der Waals surface area contributed by atoms with E-state index in [0.29, 0.717) is 0 Å². The summed E-state index contributed by atoms with van der Waals surface area (Å²) >= 11 is 3.71. The summed E-state index contributed by atoms with van der Waals surface area (Å²) < 4.78 is 0. The molecule has 0 spiro atoms. The molecule has 20 heavy (non-hydrogen) atoms. The van der Waals surface area contributed by atoms with Crippen molar-refractivity contribution in [1.82, 2.24) is 0 Å². The van der Waals surface area contributed by atoms with E-state index in [1.807, 2.05) is 47.8 Å². The number of benzene rings is 2. The highest BCUT2D eigenvalue weighted by Crippen LogP contribution is 2.33. The van der Waals surface area contributed by atoms with Crippen molar-refractivity contribution in [3.8, 4) is 0 Å². The molecule has 1 heterocycles. The van der Waals surface area contributed by atoms with Gasteiger partial charge >= 0.3 is 0 Å². The summed E-state index contributed by atoms with van der Waals surface area (Å²) in [5.74, 6) is 2.13. The van der Waals surface area contributed by atoms with E-state index in [4.69, 9.17) is 0 Å². The van der Waals surface area contributed by atoms with Gasteiger partial charge in [0.05, 0.1) is 11.4 Å². The normalized spacial score (nSPS) is 14.8. The Balaban J connectivity index is 1.92. The third kappa shape index (κ3) is 3.32. The average molecular weight is 298 g/mol. The van der Waals surface area contributed by atoms with Gasteiger partial charge in [0.2, 0.25) is 0 Å². The number of thioether (sulfide) groups is 2. The smallest absolute Gasteiger partial charge is 0.0766 e. The van der Waals surface area contributed by atoms with Crippen LogP contribution in [0.2, 0.25) is 0 Å². The van der Waals surface area contributed by atoms with Gasteiger partial charge < -0.3 is 0 Å². The highest BCUT2D eigenvalue weighted by Gasteiger charge is 2.04. The maximum absolute atomic E-state index is 4.49. The minimum absolute atomic E-state index is 1.02. The standard InChI is InChI=1S/C16H14N2S2/c1-3-7-15-13(5-1)17-9-10-18-14-6-2-4-8-16(14)20-12-11-19-15/h1-10H,11-12H2. The molecular formula is C16H14N2S2. The van der Waals surface area contributed by atoms with Crippen molar-refractivity contribution < 1.29 is 0 Å². The summed E-state index contributed by atoms with van der Waals surface area (Å²) in [6.45, 7) is 0. The minimum atomic E-state index is 1.02. The second-order valence-corrected chi connectivity index (χ2v) is 6.46. The fourth-order valence-electron chi connectivity index (χ4n) is 1.90. The van der Waals surface area contributed by atoms with Gasteiger partial charge in [-0.25, -0.2) is 0 Å². The maximum atomic E-state index is 4.49. The van der Waals surface area contributed by atoms with Gasteiger partial charge in [-0.05, 0) is 24.3 Å². The average Bonchev–Trinajstić information content (AvgIpc) is 2.49. The fourth-order valence-corrected chi connectivity index (χ4v) is 3.90. The summed E-state index contributed by atoms with van der Waals surface area (Å²) in [5.41, 5.74) is 2.03. The van der Waals surface area contributed by atoms with Crippen molar-refractivity contribution in [2.75, 3.05) is 11.5 Å². The number of hydrogen-bond acceptors (Lipinski definition) is 4. The van der Waals surface area contributed by atoms with Gasteiger partial charge in [0.15, 0.2) is 0 Å². The molecule has 0 saturated heterocycles.